The molecule has 1 rings (SSSR count). The summed E-state index contributed by atoms with van der Waals surface area (Å²) in [6.45, 7) is 4.03. The zero-order chi connectivity index (χ0) is 11.1. The lowest BCUT2D eigenvalue weighted by atomic mass is 10.2. The van der Waals surface area contributed by atoms with Crippen LogP contribution in [0.25, 0.3) is 0 Å². The van der Waals surface area contributed by atoms with Crippen molar-refractivity contribution in [1.29, 1.82) is 0 Å². The van der Waals surface area contributed by atoms with E-state index in [1.807, 2.05) is 6.92 Å². The SMILES string of the molecule is CC(Cl)CCCNC(=O)C1COCCO1. The van der Waals surface area contributed by atoms with Crippen molar-refractivity contribution in [1.82, 2.24) is 5.32 Å². The Hall–Kier alpha value is -0.320. The Morgan fingerprint density at radius 1 is 1.60 bits per heavy atom. The van der Waals surface area contributed by atoms with Gasteiger partial charge in [0.25, 0.3) is 5.91 Å². The molecule has 1 aliphatic rings. The minimum atomic E-state index is -0.438. The number of carbonyl (C=O) groups is 1. The summed E-state index contributed by atoms with van der Waals surface area (Å²) in [5.74, 6) is -0.0862. The van der Waals surface area contributed by atoms with E-state index in [2.05, 4.69) is 5.32 Å². The highest BCUT2D eigenvalue weighted by Crippen LogP contribution is 2.03. The van der Waals surface area contributed by atoms with Crippen LogP contribution in [0.2, 0.25) is 0 Å². The standard InChI is InChI=1S/C10H18ClNO3/c1-8(11)3-2-4-12-10(13)9-7-14-5-6-15-9/h8-9H,2-7H2,1H3,(H,12,13). The van der Waals surface area contributed by atoms with Gasteiger partial charge in [-0.05, 0) is 19.8 Å². The van der Waals surface area contributed by atoms with Crippen LogP contribution in [0.15, 0.2) is 0 Å². The third kappa shape index (κ3) is 5.35. The van der Waals surface area contributed by atoms with Crippen LogP contribution in [0.5, 0.6) is 0 Å². The molecular weight excluding hydrogens is 218 g/mol. The summed E-state index contributed by atoms with van der Waals surface area (Å²) < 4.78 is 10.4. The summed E-state index contributed by atoms with van der Waals surface area (Å²) in [6.07, 6.45) is 1.36. The Bertz CT molecular complexity index is 193. The molecule has 1 fully saturated rings. The summed E-state index contributed by atoms with van der Waals surface area (Å²) in [6, 6.07) is 0. The van der Waals surface area contributed by atoms with E-state index in [-0.39, 0.29) is 11.3 Å². The fourth-order valence-corrected chi connectivity index (χ4v) is 1.50. The van der Waals surface area contributed by atoms with Gasteiger partial charge in [0.15, 0.2) is 6.10 Å². The third-order valence-corrected chi connectivity index (χ3v) is 2.40. The van der Waals surface area contributed by atoms with Crippen LogP contribution in [0.1, 0.15) is 19.8 Å². The maximum Gasteiger partial charge on any atom is 0.251 e. The van der Waals surface area contributed by atoms with Crippen molar-refractivity contribution in [3.8, 4) is 0 Å². The van der Waals surface area contributed by atoms with Crippen LogP contribution in [0.3, 0.4) is 0 Å². The molecule has 0 aromatic heterocycles. The Morgan fingerprint density at radius 2 is 2.40 bits per heavy atom. The fourth-order valence-electron chi connectivity index (χ4n) is 1.35. The van der Waals surface area contributed by atoms with Crippen LogP contribution in [-0.2, 0) is 14.3 Å². The molecule has 2 unspecified atom stereocenters. The smallest absolute Gasteiger partial charge is 0.251 e. The largest absolute Gasteiger partial charge is 0.376 e. The van der Waals surface area contributed by atoms with Crippen molar-refractivity contribution in [2.24, 2.45) is 0 Å². The molecule has 5 heteroatoms. The van der Waals surface area contributed by atoms with Gasteiger partial charge in [0.05, 0.1) is 19.8 Å². The quantitative estimate of drug-likeness (QED) is 0.570. The highest BCUT2D eigenvalue weighted by Gasteiger charge is 2.21. The summed E-state index contributed by atoms with van der Waals surface area (Å²) in [7, 11) is 0. The molecule has 1 amide bonds. The van der Waals surface area contributed by atoms with E-state index in [0.29, 0.717) is 26.4 Å². The maximum atomic E-state index is 11.5. The Morgan fingerprint density at radius 3 is 3.00 bits per heavy atom. The lowest BCUT2D eigenvalue weighted by Crippen LogP contribution is -2.43. The molecule has 0 radical (unpaired) electrons. The molecule has 1 N–H and O–H groups in total. The van der Waals surface area contributed by atoms with Gasteiger partial charge >= 0.3 is 0 Å². The number of rotatable bonds is 5. The fraction of sp³-hybridized carbons (Fsp3) is 0.900. The minimum Gasteiger partial charge on any atom is -0.376 e. The van der Waals surface area contributed by atoms with Gasteiger partial charge < -0.3 is 14.8 Å². The summed E-state index contributed by atoms with van der Waals surface area (Å²) in [5, 5.41) is 2.97. The maximum absolute atomic E-state index is 11.5. The van der Waals surface area contributed by atoms with E-state index >= 15 is 0 Å². The van der Waals surface area contributed by atoms with E-state index in [1.165, 1.54) is 0 Å². The first kappa shape index (κ1) is 12.7. The van der Waals surface area contributed by atoms with Crippen LogP contribution in [-0.4, -0.2) is 43.8 Å². The summed E-state index contributed by atoms with van der Waals surface area (Å²) in [4.78, 5) is 11.5. The van der Waals surface area contributed by atoms with E-state index in [0.717, 1.165) is 12.8 Å². The monoisotopic (exact) mass is 235 g/mol. The number of hydrogen-bond acceptors (Lipinski definition) is 3. The lowest BCUT2D eigenvalue weighted by Gasteiger charge is -2.22. The number of alkyl halides is 1. The van der Waals surface area contributed by atoms with Gasteiger partial charge in [0.1, 0.15) is 0 Å². The number of hydrogen-bond donors (Lipinski definition) is 1. The molecule has 0 bridgehead atoms. The predicted octanol–water partition coefficient (Wildman–Crippen LogP) is 0.925. The van der Waals surface area contributed by atoms with Gasteiger partial charge in [-0.2, -0.15) is 0 Å². The minimum absolute atomic E-state index is 0.0862. The summed E-state index contributed by atoms with van der Waals surface area (Å²) in [5.41, 5.74) is 0. The van der Waals surface area contributed by atoms with Crippen LogP contribution in [0.4, 0.5) is 0 Å². The first-order chi connectivity index (χ1) is 7.20. The highest BCUT2D eigenvalue weighted by atomic mass is 35.5. The average Bonchev–Trinajstić information content (AvgIpc) is 2.25. The molecule has 1 saturated heterocycles. The molecule has 0 aromatic carbocycles. The van der Waals surface area contributed by atoms with Crippen LogP contribution < -0.4 is 5.32 Å². The van der Waals surface area contributed by atoms with Gasteiger partial charge in [-0.25, -0.2) is 0 Å². The predicted molar refractivity (Wildman–Crippen MR) is 58.1 cm³/mol. The first-order valence-corrected chi connectivity index (χ1v) is 5.75. The molecule has 0 spiro atoms. The van der Waals surface area contributed by atoms with Crippen LogP contribution >= 0.6 is 11.6 Å². The molecule has 0 saturated carbocycles. The number of carbonyl (C=O) groups excluding carboxylic acids is 1. The highest BCUT2D eigenvalue weighted by molar-refractivity contribution is 6.20. The van der Waals surface area contributed by atoms with Gasteiger partial charge in [-0.3, -0.25) is 4.79 Å². The Kier molecular flexibility index (Phi) is 5.98. The van der Waals surface area contributed by atoms with Gasteiger partial charge in [0.2, 0.25) is 0 Å². The molecule has 1 aliphatic heterocycles. The Labute approximate surface area is 95.3 Å². The van der Waals surface area contributed by atoms with Crippen molar-refractivity contribution in [2.45, 2.75) is 31.2 Å². The van der Waals surface area contributed by atoms with Crippen molar-refractivity contribution >= 4 is 17.5 Å². The zero-order valence-electron chi connectivity index (χ0n) is 9.00. The summed E-state index contributed by atoms with van der Waals surface area (Å²) >= 11 is 5.78. The molecule has 2 atom stereocenters. The molecule has 0 aromatic rings. The second-order valence-corrected chi connectivity index (χ2v) is 4.39. The van der Waals surface area contributed by atoms with E-state index < -0.39 is 6.10 Å². The molecule has 88 valence electrons. The number of amides is 1. The molecule has 15 heavy (non-hydrogen) atoms. The van der Waals surface area contributed by atoms with Gasteiger partial charge in [0, 0.05) is 11.9 Å². The number of halogens is 1. The Balaban J connectivity index is 2.07. The van der Waals surface area contributed by atoms with Crippen LogP contribution in [0, 0.1) is 0 Å². The second kappa shape index (κ2) is 7.04. The molecular formula is C10H18ClNO3. The third-order valence-electron chi connectivity index (χ3n) is 2.19. The van der Waals surface area contributed by atoms with Crippen molar-refractivity contribution in [3.63, 3.8) is 0 Å². The van der Waals surface area contributed by atoms with E-state index in [1.54, 1.807) is 0 Å². The normalized spacial score (nSPS) is 23.5. The lowest BCUT2D eigenvalue weighted by molar-refractivity contribution is -0.147. The van der Waals surface area contributed by atoms with Crippen molar-refractivity contribution < 1.29 is 14.3 Å². The molecule has 4 nitrogen and oxygen atoms in total. The van der Waals surface area contributed by atoms with Crippen molar-refractivity contribution in [3.05, 3.63) is 0 Å². The topological polar surface area (TPSA) is 47.6 Å². The average molecular weight is 236 g/mol. The number of ether oxygens (including phenoxy) is 2. The van der Waals surface area contributed by atoms with Gasteiger partial charge in [-0.15, -0.1) is 11.6 Å². The second-order valence-electron chi connectivity index (χ2n) is 3.65. The first-order valence-electron chi connectivity index (χ1n) is 5.31. The molecule has 1 heterocycles. The van der Waals surface area contributed by atoms with Gasteiger partial charge in [-0.1, -0.05) is 0 Å². The van der Waals surface area contributed by atoms with Crippen molar-refractivity contribution in [2.75, 3.05) is 26.4 Å². The number of nitrogens with one attached hydrogen (secondary N) is 1. The zero-order valence-corrected chi connectivity index (χ0v) is 9.76. The van der Waals surface area contributed by atoms with E-state index in [4.69, 9.17) is 21.1 Å². The molecule has 0 aliphatic carbocycles. The van der Waals surface area contributed by atoms with E-state index in [9.17, 15) is 4.79 Å².